The maximum Gasteiger partial charge on any atom is 0.217 e. The highest BCUT2D eigenvalue weighted by atomic mass is 79.9. The van der Waals surface area contributed by atoms with Crippen molar-refractivity contribution in [1.82, 2.24) is 4.98 Å². The van der Waals surface area contributed by atoms with Crippen molar-refractivity contribution < 1.29 is 4.74 Å². The van der Waals surface area contributed by atoms with Crippen LogP contribution in [0.5, 0.6) is 5.88 Å². The lowest BCUT2D eigenvalue weighted by Crippen LogP contribution is -1.95. The Morgan fingerprint density at radius 1 is 1.19 bits per heavy atom. The van der Waals surface area contributed by atoms with Crippen LogP contribution in [-0.2, 0) is 5.33 Å². The zero-order valence-electron chi connectivity index (χ0n) is 8.98. The first-order chi connectivity index (χ1) is 7.86. The van der Waals surface area contributed by atoms with Gasteiger partial charge in [-0.3, -0.25) is 0 Å². The summed E-state index contributed by atoms with van der Waals surface area (Å²) in [4.78, 5) is 4.20. The average molecular weight is 278 g/mol. The quantitative estimate of drug-likeness (QED) is 0.799. The molecule has 1 aromatic carbocycles. The van der Waals surface area contributed by atoms with Crippen molar-refractivity contribution >= 4 is 15.9 Å². The van der Waals surface area contributed by atoms with Gasteiger partial charge in [0.1, 0.15) is 0 Å². The largest absolute Gasteiger partial charge is 0.481 e. The Kier molecular flexibility index (Phi) is 3.57. The fraction of sp³-hybridized carbons (Fsp3) is 0.154. The molecule has 1 heterocycles. The number of pyridine rings is 1. The van der Waals surface area contributed by atoms with E-state index in [4.69, 9.17) is 4.74 Å². The summed E-state index contributed by atoms with van der Waals surface area (Å²) in [5.41, 5.74) is 3.41. The molecule has 0 atom stereocenters. The van der Waals surface area contributed by atoms with Gasteiger partial charge in [-0.05, 0) is 17.2 Å². The molecular weight excluding hydrogens is 266 g/mol. The normalized spacial score (nSPS) is 10.1. The first-order valence-corrected chi connectivity index (χ1v) is 6.12. The van der Waals surface area contributed by atoms with Gasteiger partial charge in [0.2, 0.25) is 5.88 Å². The molecule has 2 nitrogen and oxygen atoms in total. The van der Waals surface area contributed by atoms with Crippen LogP contribution < -0.4 is 4.74 Å². The topological polar surface area (TPSA) is 22.1 Å². The number of methoxy groups -OCH3 is 1. The Hall–Kier alpha value is -1.35. The van der Waals surface area contributed by atoms with E-state index in [0.717, 1.165) is 16.5 Å². The maximum absolute atomic E-state index is 5.26. The van der Waals surface area contributed by atoms with E-state index in [1.54, 1.807) is 13.3 Å². The summed E-state index contributed by atoms with van der Waals surface area (Å²) in [5.74, 6) is 0.679. The maximum atomic E-state index is 5.26. The smallest absolute Gasteiger partial charge is 0.217 e. The molecule has 3 heteroatoms. The first-order valence-electron chi connectivity index (χ1n) is 5.00. The Morgan fingerprint density at radius 3 is 2.56 bits per heavy atom. The molecule has 0 unspecified atom stereocenters. The van der Waals surface area contributed by atoms with E-state index in [9.17, 15) is 0 Å². The van der Waals surface area contributed by atoms with Crippen molar-refractivity contribution in [3.63, 3.8) is 0 Å². The van der Waals surface area contributed by atoms with Crippen molar-refractivity contribution in [1.29, 1.82) is 0 Å². The molecule has 1 aromatic heterocycles. The molecule has 2 rings (SSSR count). The number of alkyl halides is 1. The van der Waals surface area contributed by atoms with Crippen LogP contribution in [0.2, 0.25) is 0 Å². The fourth-order valence-corrected chi connectivity index (χ4v) is 2.21. The monoisotopic (exact) mass is 277 g/mol. The van der Waals surface area contributed by atoms with Crippen molar-refractivity contribution in [2.24, 2.45) is 0 Å². The zero-order chi connectivity index (χ0) is 11.4. The van der Waals surface area contributed by atoms with Gasteiger partial charge < -0.3 is 4.74 Å². The summed E-state index contributed by atoms with van der Waals surface area (Å²) in [7, 11) is 1.64. The molecule has 0 saturated heterocycles. The number of hydrogen-bond acceptors (Lipinski definition) is 2. The molecule has 0 spiro atoms. The standard InChI is InChI=1S/C13H12BrNO/c1-16-13-12(9-14)11(7-8-15-13)10-5-3-2-4-6-10/h2-8H,9H2,1H3. The van der Waals surface area contributed by atoms with Crippen LogP contribution in [0.3, 0.4) is 0 Å². The second-order valence-electron chi connectivity index (χ2n) is 3.35. The minimum absolute atomic E-state index is 0.679. The number of rotatable bonds is 3. The fourth-order valence-electron chi connectivity index (χ4n) is 1.67. The van der Waals surface area contributed by atoms with Gasteiger partial charge in [0, 0.05) is 17.1 Å². The molecule has 0 bridgehead atoms. The van der Waals surface area contributed by atoms with E-state index in [1.165, 1.54) is 5.56 Å². The third-order valence-corrected chi connectivity index (χ3v) is 2.99. The number of benzene rings is 1. The lowest BCUT2D eigenvalue weighted by atomic mass is 10.0. The third-order valence-electron chi connectivity index (χ3n) is 2.43. The second-order valence-corrected chi connectivity index (χ2v) is 3.91. The number of hydrogen-bond donors (Lipinski definition) is 0. The molecule has 0 N–H and O–H groups in total. The van der Waals surface area contributed by atoms with Crippen molar-refractivity contribution in [3.05, 3.63) is 48.2 Å². The van der Waals surface area contributed by atoms with Gasteiger partial charge >= 0.3 is 0 Å². The highest BCUT2D eigenvalue weighted by Crippen LogP contribution is 2.30. The molecule has 0 aliphatic rings. The number of ether oxygens (including phenoxy) is 1. The van der Waals surface area contributed by atoms with Crippen molar-refractivity contribution in [2.75, 3.05) is 7.11 Å². The molecular formula is C13H12BrNO. The minimum atomic E-state index is 0.679. The van der Waals surface area contributed by atoms with E-state index in [0.29, 0.717) is 5.88 Å². The van der Waals surface area contributed by atoms with E-state index in [1.807, 2.05) is 24.3 Å². The molecule has 0 fully saturated rings. The van der Waals surface area contributed by atoms with Gasteiger partial charge in [-0.2, -0.15) is 0 Å². The Balaban J connectivity index is 2.57. The van der Waals surface area contributed by atoms with E-state index < -0.39 is 0 Å². The molecule has 2 aromatic rings. The van der Waals surface area contributed by atoms with Crippen molar-refractivity contribution in [2.45, 2.75) is 5.33 Å². The summed E-state index contributed by atoms with van der Waals surface area (Å²) in [6.07, 6.45) is 1.77. The van der Waals surface area contributed by atoms with Crippen molar-refractivity contribution in [3.8, 4) is 17.0 Å². The highest BCUT2D eigenvalue weighted by molar-refractivity contribution is 9.08. The summed E-state index contributed by atoms with van der Waals surface area (Å²) in [6, 6.07) is 12.2. The van der Waals surface area contributed by atoms with Gasteiger partial charge in [-0.1, -0.05) is 46.3 Å². The van der Waals surface area contributed by atoms with Gasteiger partial charge in [-0.25, -0.2) is 4.98 Å². The van der Waals surface area contributed by atoms with Crippen LogP contribution in [0.25, 0.3) is 11.1 Å². The highest BCUT2D eigenvalue weighted by Gasteiger charge is 2.10. The van der Waals surface area contributed by atoms with Crippen LogP contribution in [0.15, 0.2) is 42.6 Å². The average Bonchev–Trinajstić information content (AvgIpc) is 2.38. The summed E-state index contributed by atoms with van der Waals surface area (Å²) < 4.78 is 5.26. The molecule has 0 aliphatic carbocycles. The Bertz CT molecular complexity index is 471. The van der Waals surface area contributed by atoms with E-state index in [-0.39, 0.29) is 0 Å². The van der Waals surface area contributed by atoms with Gasteiger partial charge in [0.05, 0.1) is 7.11 Å². The SMILES string of the molecule is COc1nccc(-c2ccccc2)c1CBr. The van der Waals surface area contributed by atoms with Gasteiger partial charge in [0.25, 0.3) is 0 Å². The zero-order valence-corrected chi connectivity index (χ0v) is 10.6. The van der Waals surface area contributed by atoms with Crippen LogP contribution in [0, 0.1) is 0 Å². The Labute approximate surface area is 103 Å². The number of nitrogens with zero attached hydrogens (tertiary/aromatic N) is 1. The van der Waals surface area contributed by atoms with Crippen LogP contribution in [0.4, 0.5) is 0 Å². The van der Waals surface area contributed by atoms with Crippen LogP contribution in [0.1, 0.15) is 5.56 Å². The van der Waals surface area contributed by atoms with Crippen LogP contribution >= 0.6 is 15.9 Å². The molecule has 0 saturated carbocycles. The van der Waals surface area contributed by atoms with E-state index >= 15 is 0 Å². The molecule has 16 heavy (non-hydrogen) atoms. The molecule has 0 radical (unpaired) electrons. The predicted octanol–water partition coefficient (Wildman–Crippen LogP) is 3.65. The lowest BCUT2D eigenvalue weighted by Gasteiger charge is -2.10. The number of aromatic nitrogens is 1. The summed E-state index contributed by atoms with van der Waals surface area (Å²) in [5, 5.41) is 0.730. The molecule has 82 valence electrons. The Morgan fingerprint density at radius 2 is 1.94 bits per heavy atom. The molecule has 0 amide bonds. The number of halogens is 1. The summed E-state index contributed by atoms with van der Waals surface area (Å²) in [6.45, 7) is 0. The second kappa shape index (κ2) is 5.12. The van der Waals surface area contributed by atoms with E-state index in [2.05, 4.69) is 33.0 Å². The molecule has 0 aliphatic heterocycles. The summed E-state index contributed by atoms with van der Waals surface area (Å²) >= 11 is 3.48. The third kappa shape index (κ3) is 2.09. The van der Waals surface area contributed by atoms with Crippen LogP contribution in [-0.4, -0.2) is 12.1 Å². The minimum Gasteiger partial charge on any atom is -0.481 e. The van der Waals surface area contributed by atoms with Gasteiger partial charge in [-0.15, -0.1) is 0 Å². The first kappa shape index (κ1) is 11.1. The predicted molar refractivity (Wildman–Crippen MR) is 68.9 cm³/mol. The lowest BCUT2D eigenvalue weighted by molar-refractivity contribution is 0.394. The van der Waals surface area contributed by atoms with Gasteiger partial charge in [0.15, 0.2) is 0 Å².